The third-order valence-corrected chi connectivity index (χ3v) is 3.45. The Balaban J connectivity index is 2.11. The number of likely N-dealkylation sites (tertiary alicyclic amines) is 1. The summed E-state index contributed by atoms with van der Waals surface area (Å²) < 4.78 is 5.27. The van der Waals surface area contributed by atoms with Crippen molar-refractivity contribution in [3.63, 3.8) is 0 Å². The predicted octanol–water partition coefficient (Wildman–Crippen LogP) is 0.996. The lowest BCUT2D eigenvalue weighted by Gasteiger charge is -2.30. The van der Waals surface area contributed by atoms with Crippen LogP contribution in [0.2, 0.25) is 0 Å². The molecule has 1 fully saturated rings. The Morgan fingerprint density at radius 3 is 3.00 bits per heavy atom. The maximum Gasteiger partial charge on any atom is 0.134 e. The molecule has 108 valence electrons. The standard InChI is InChI=1S/C16H21NO3/c1-20-16-7-6-13(10-14(16)4-3-9-18)11-17-8-2-5-15(19)12-17/h6-7,10,15,18-19H,2,5,8-9,11-12H2,1H3. The van der Waals surface area contributed by atoms with Gasteiger partial charge in [-0.3, -0.25) is 4.90 Å². The van der Waals surface area contributed by atoms with E-state index >= 15 is 0 Å². The number of aliphatic hydroxyl groups is 2. The van der Waals surface area contributed by atoms with Crippen LogP contribution in [0.3, 0.4) is 0 Å². The second kappa shape index (κ2) is 7.30. The van der Waals surface area contributed by atoms with Gasteiger partial charge in [0.25, 0.3) is 0 Å². The highest BCUT2D eigenvalue weighted by atomic mass is 16.5. The van der Waals surface area contributed by atoms with Gasteiger partial charge in [0, 0.05) is 13.1 Å². The Morgan fingerprint density at radius 1 is 1.45 bits per heavy atom. The van der Waals surface area contributed by atoms with Crippen LogP contribution < -0.4 is 4.74 Å². The quantitative estimate of drug-likeness (QED) is 0.808. The number of ether oxygens (including phenoxy) is 1. The van der Waals surface area contributed by atoms with E-state index in [0.29, 0.717) is 5.75 Å². The Kier molecular flexibility index (Phi) is 5.42. The number of nitrogens with zero attached hydrogens (tertiary/aromatic N) is 1. The van der Waals surface area contributed by atoms with Gasteiger partial charge in [-0.25, -0.2) is 0 Å². The van der Waals surface area contributed by atoms with Crippen LogP contribution >= 0.6 is 0 Å². The zero-order valence-electron chi connectivity index (χ0n) is 11.8. The molecule has 1 aromatic carbocycles. The number of methoxy groups -OCH3 is 1. The molecule has 0 saturated carbocycles. The van der Waals surface area contributed by atoms with Crippen molar-refractivity contribution in [3.05, 3.63) is 29.3 Å². The molecule has 2 N–H and O–H groups in total. The summed E-state index contributed by atoms with van der Waals surface area (Å²) in [5.74, 6) is 6.27. The fourth-order valence-electron chi connectivity index (χ4n) is 2.52. The fourth-order valence-corrected chi connectivity index (χ4v) is 2.52. The maximum atomic E-state index is 9.70. The summed E-state index contributed by atoms with van der Waals surface area (Å²) in [5, 5.41) is 18.5. The third kappa shape index (κ3) is 3.97. The van der Waals surface area contributed by atoms with E-state index in [9.17, 15) is 5.11 Å². The van der Waals surface area contributed by atoms with Gasteiger partial charge in [-0.1, -0.05) is 17.9 Å². The second-order valence-electron chi connectivity index (χ2n) is 5.03. The van der Waals surface area contributed by atoms with Crippen molar-refractivity contribution in [3.8, 4) is 17.6 Å². The van der Waals surface area contributed by atoms with Gasteiger partial charge in [-0.15, -0.1) is 0 Å². The molecule has 1 aromatic rings. The number of benzene rings is 1. The normalized spacial score (nSPS) is 19.2. The molecule has 4 nitrogen and oxygen atoms in total. The van der Waals surface area contributed by atoms with Gasteiger partial charge in [0.15, 0.2) is 0 Å². The molecular weight excluding hydrogens is 254 g/mol. The van der Waals surface area contributed by atoms with Gasteiger partial charge in [-0.2, -0.15) is 0 Å². The number of aliphatic hydroxyl groups excluding tert-OH is 2. The Morgan fingerprint density at radius 2 is 2.30 bits per heavy atom. The molecule has 4 heteroatoms. The number of hydrogen-bond acceptors (Lipinski definition) is 4. The highest BCUT2D eigenvalue weighted by Crippen LogP contribution is 2.21. The van der Waals surface area contributed by atoms with E-state index in [1.807, 2.05) is 18.2 Å². The summed E-state index contributed by atoms with van der Waals surface area (Å²) >= 11 is 0. The van der Waals surface area contributed by atoms with E-state index in [-0.39, 0.29) is 12.7 Å². The van der Waals surface area contributed by atoms with Crippen LogP contribution in [0.1, 0.15) is 24.0 Å². The highest BCUT2D eigenvalue weighted by molar-refractivity contribution is 5.48. The number of rotatable bonds is 3. The van der Waals surface area contributed by atoms with E-state index < -0.39 is 0 Å². The minimum atomic E-state index is -0.212. The Labute approximate surface area is 120 Å². The maximum absolute atomic E-state index is 9.70. The first-order chi connectivity index (χ1) is 9.72. The van der Waals surface area contributed by atoms with Gasteiger partial charge in [0.1, 0.15) is 12.4 Å². The average molecular weight is 275 g/mol. The van der Waals surface area contributed by atoms with Gasteiger partial charge in [-0.05, 0) is 37.1 Å². The van der Waals surface area contributed by atoms with Crippen LogP contribution in [0.15, 0.2) is 18.2 Å². The molecule has 1 saturated heterocycles. The lowest BCUT2D eigenvalue weighted by Crippen LogP contribution is -2.37. The van der Waals surface area contributed by atoms with E-state index in [0.717, 1.165) is 43.6 Å². The lowest BCUT2D eigenvalue weighted by atomic mass is 10.1. The summed E-state index contributed by atoms with van der Waals surface area (Å²) in [6, 6.07) is 5.91. The topological polar surface area (TPSA) is 52.9 Å². The van der Waals surface area contributed by atoms with Crippen molar-refractivity contribution >= 4 is 0 Å². The number of β-amino-alcohol motifs (C(OH)–C–C–N with tert-alkyl or cyclic N) is 1. The summed E-state index contributed by atoms with van der Waals surface area (Å²) in [6.45, 7) is 2.38. The summed E-state index contributed by atoms with van der Waals surface area (Å²) in [6.07, 6.45) is 1.72. The summed E-state index contributed by atoms with van der Waals surface area (Å²) in [7, 11) is 1.61. The molecule has 0 aliphatic carbocycles. The van der Waals surface area contributed by atoms with Crippen LogP contribution in [-0.2, 0) is 6.54 Å². The molecular formula is C16H21NO3. The summed E-state index contributed by atoms with van der Waals surface area (Å²) in [4.78, 5) is 2.25. The molecule has 20 heavy (non-hydrogen) atoms. The van der Waals surface area contributed by atoms with Gasteiger partial charge < -0.3 is 14.9 Å². The third-order valence-electron chi connectivity index (χ3n) is 3.45. The van der Waals surface area contributed by atoms with Gasteiger partial charge in [0.05, 0.1) is 18.8 Å². The predicted molar refractivity (Wildman–Crippen MR) is 77.5 cm³/mol. The largest absolute Gasteiger partial charge is 0.495 e. The van der Waals surface area contributed by atoms with Crippen LogP contribution in [0.25, 0.3) is 0 Å². The van der Waals surface area contributed by atoms with E-state index in [1.165, 1.54) is 0 Å². The molecule has 1 heterocycles. The van der Waals surface area contributed by atoms with Crippen LogP contribution in [-0.4, -0.2) is 48.0 Å². The van der Waals surface area contributed by atoms with Crippen LogP contribution in [0, 0.1) is 11.8 Å². The first kappa shape index (κ1) is 14.9. The first-order valence-corrected chi connectivity index (χ1v) is 6.90. The molecule has 1 unspecified atom stereocenters. The van der Waals surface area contributed by atoms with Gasteiger partial charge >= 0.3 is 0 Å². The van der Waals surface area contributed by atoms with Crippen molar-refractivity contribution in [2.24, 2.45) is 0 Å². The molecule has 0 amide bonds. The first-order valence-electron chi connectivity index (χ1n) is 6.90. The van der Waals surface area contributed by atoms with Gasteiger partial charge in [0.2, 0.25) is 0 Å². The fraction of sp³-hybridized carbons (Fsp3) is 0.500. The lowest BCUT2D eigenvalue weighted by molar-refractivity contribution is 0.0668. The number of hydrogen-bond donors (Lipinski definition) is 2. The van der Waals surface area contributed by atoms with Crippen LogP contribution in [0.4, 0.5) is 0 Å². The average Bonchev–Trinajstić information content (AvgIpc) is 2.45. The molecule has 0 aromatic heterocycles. The molecule has 0 spiro atoms. The minimum absolute atomic E-state index is 0.161. The van der Waals surface area contributed by atoms with E-state index in [4.69, 9.17) is 9.84 Å². The van der Waals surface area contributed by atoms with Crippen molar-refractivity contribution in [1.29, 1.82) is 0 Å². The molecule has 1 aliphatic heterocycles. The van der Waals surface area contributed by atoms with E-state index in [1.54, 1.807) is 7.11 Å². The molecule has 1 aliphatic rings. The minimum Gasteiger partial charge on any atom is -0.495 e. The summed E-state index contributed by atoms with van der Waals surface area (Å²) in [5.41, 5.74) is 1.93. The zero-order chi connectivity index (χ0) is 14.4. The highest BCUT2D eigenvalue weighted by Gasteiger charge is 2.17. The second-order valence-corrected chi connectivity index (χ2v) is 5.03. The smallest absolute Gasteiger partial charge is 0.134 e. The van der Waals surface area contributed by atoms with Crippen molar-refractivity contribution < 1.29 is 14.9 Å². The molecule has 2 rings (SSSR count). The van der Waals surface area contributed by atoms with Crippen molar-refractivity contribution in [2.45, 2.75) is 25.5 Å². The molecule has 1 atom stereocenters. The van der Waals surface area contributed by atoms with E-state index in [2.05, 4.69) is 16.7 Å². The van der Waals surface area contributed by atoms with Crippen molar-refractivity contribution in [2.75, 3.05) is 26.8 Å². The Hall–Kier alpha value is -1.54. The Bertz CT molecular complexity index is 504. The monoisotopic (exact) mass is 275 g/mol. The van der Waals surface area contributed by atoms with Crippen molar-refractivity contribution in [1.82, 2.24) is 4.90 Å². The zero-order valence-corrected chi connectivity index (χ0v) is 11.8. The van der Waals surface area contributed by atoms with Crippen LogP contribution in [0.5, 0.6) is 5.75 Å². The molecule has 0 bridgehead atoms. The molecule has 0 radical (unpaired) electrons. The number of piperidine rings is 1. The SMILES string of the molecule is COc1ccc(CN2CCCC(O)C2)cc1C#CCO.